The van der Waals surface area contributed by atoms with Gasteiger partial charge in [-0.15, -0.1) is 24.0 Å². The van der Waals surface area contributed by atoms with Crippen molar-refractivity contribution < 1.29 is 5.11 Å². The van der Waals surface area contributed by atoms with E-state index in [1.807, 2.05) is 0 Å². The van der Waals surface area contributed by atoms with Crippen LogP contribution in [0.4, 0.5) is 0 Å². The molecule has 1 heterocycles. The van der Waals surface area contributed by atoms with Gasteiger partial charge in [0.1, 0.15) is 0 Å². The summed E-state index contributed by atoms with van der Waals surface area (Å²) in [5.74, 6) is 2.47. The summed E-state index contributed by atoms with van der Waals surface area (Å²) in [4.78, 5) is 7.53. The molecule has 2 aliphatic rings. The molecule has 0 aromatic rings. The molecule has 6 heteroatoms. The van der Waals surface area contributed by atoms with Gasteiger partial charge in [0.05, 0.1) is 12.6 Å². The Morgan fingerprint density at radius 2 is 1.69 bits per heavy atom. The van der Waals surface area contributed by atoms with Crippen molar-refractivity contribution in [3.63, 3.8) is 0 Å². The largest absolute Gasteiger partial charge is 0.393 e. The van der Waals surface area contributed by atoms with Crippen LogP contribution in [-0.2, 0) is 0 Å². The molecular formula is C20H41IN4O. The molecule has 0 aromatic heterocycles. The zero-order valence-electron chi connectivity index (χ0n) is 17.4. The Morgan fingerprint density at radius 1 is 1.12 bits per heavy atom. The number of halogens is 1. The summed E-state index contributed by atoms with van der Waals surface area (Å²) in [7, 11) is 0. The molecule has 2 atom stereocenters. The Morgan fingerprint density at radius 3 is 2.23 bits per heavy atom. The van der Waals surface area contributed by atoms with E-state index in [1.165, 1.54) is 19.5 Å². The molecule has 5 nitrogen and oxygen atoms in total. The molecule has 0 radical (unpaired) electrons. The molecule has 0 aromatic carbocycles. The molecule has 1 aliphatic carbocycles. The number of rotatable bonds is 5. The van der Waals surface area contributed by atoms with Crippen LogP contribution in [0.25, 0.3) is 0 Å². The molecule has 1 saturated heterocycles. The maximum Gasteiger partial charge on any atom is 0.191 e. The smallest absolute Gasteiger partial charge is 0.191 e. The van der Waals surface area contributed by atoms with E-state index in [9.17, 15) is 5.11 Å². The number of guanidine groups is 1. The monoisotopic (exact) mass is 480 g/mol. The van der Waals surface area contributed by atoms with Gasteiger partial charge >= 0.3 is 0 Å². The molecule has 0 spiro atoms. The van der Waals surface area contributed by atoms with Crippen LogP contribution < -0.4 is 10.6 Å². The van der Waals surface area contributed by atoms with Crippen molar-refractivity contribution in [1.29, 1.82) is 0 Å². The van der Waals surface area contributed by atoms with Crippen molar-refractivity contribution in [2.24, 2.45) is 16.8 Å². The highest BCUT2D eigenvalue weighted by molar-refractivity contribution is 14.0. The van der Waals surface area contributed by atoms with Gasteiger partial charge in [0, 0.05) is 31.2 Å². The molecule has 2 fully saturated rings. The van der Waals surface area contributed by atoms with Crippen LogP contribution in [0.15, 0.2) is 4.99 Å². The first-order chi connectivity index (χ1) is 11.8. The number of aliphatic hydroxyl groups excluding tert-OH is 1. The number of likely N-dealkylation sites (tertiary alicyclic amines) is 1. The lowest BCUT2D eigenvalue weighted by atomic mass is 9.88. The van der Waals surface area contributed by atoms with E-state index in [1.54, 1.807) is 0 Å². The van der Waals surface area contributed by atoms with Gasteiger partial charge in [0.15, 0.2) is 5.96 Å². The van der Waals surface area contributed by atoms with E-state index in [-0.39, 0.29) is 35.6 Å². The molecule has 154 valence electrons. The predicted molar refractivity (Wildman–Crippen MR) is 121 cm³/mol. The number of piperidine rings is 1. The highest BCUT2D eigenvalue weighted by atomic mass is 127. The number of aliphatic hydroxyl groups is 1. The molecule has 2 unspecified atom stereocenters. The molecule has 26 heavy (non-hydrogen) atoms. The van der Waals surface area contributed by atoms with E-state index >= 15 is 0 Å². The SMILES string of the molecule is CCNC(=NCC(C)(C)N1CC(C)CC(C)C1)NC1CCC(O)CC1.I. The van der Waals surface area contributed by atoms with Crippen molar-refractivity contribution in [2.75, 3.05) is 26.2 Å². The zero-order valence-corrected chi connectivity index (χ0v) is 19.8. The van der Waals surface area contributed by atoms with Crippen molar-refractivity contribution in [2.45, 2.75) is 84.4 Å². The quantitative estimate of drug-likeness (QED) is 0.321. The molecule has 1 saturated carbocycles. The predicted octanol–water partition coefficient (Wildman–Crippen LogP) is 3.22. The van der Waals surface area contributed by atoms with Gasteiger partial charge in [-0.05, 0) is 64.7 Å². The van der Waals surface area contributed by atoms with E-state index in [4.69, 9.17) is 4.99 Å². The summed E-state index contributed by atoms with van der Waals surface area (Å²) in [6.45, 7) is 15.5. The Balaban J connectivity index is 0.00000338. The van der Waals surface area contributed by atoms with E-state index in [2.05, 4.69) is 50.2 Å². The van der Waals surface area contributed by atoms with E-state index < -0.39 is 0 Å². The van der Waals surface area contributed by atoms with Crippen LogP contribution in [0.3, 0.4) is 0 Å². The summed E-state index contributed by atoms with van der Waals surface area (Å²) in [6, 6.07) is 0.430. The highest BCUT2D eigenvalue weighted by Gasteiger charge is 2.32. The molecule has 3 N–H and O–H groups in total. The highest BCUT2D eigenvalue weighted by Crippen LogP contribution is 2.27. The minimum absolute atomic E-state index is 0. The Bertz CT molecular complexity index is 426. The summed E-state index contributed by atoms with van der Waals surface area (Å²) in [5.41, 5.74) is 0.0774. The third kappa shape index (κ3) is 7.50. The number of aliphatic imine (C=N–C) groups is 1. The molecular weight excluding hydrogens is 439 g/mol. The lowest BCUT2D eigenvalue weighted by Gasteiger charge is -2.44. The summed E-state index contributed by atoms with van der Waals surface area (Å²) in [5, 5.41) is 16.7. The molecule has 0 bridgehead atoms. The van der Waals surface area contributed by atoms with Crippen molar-refractivity contribution in [3.8, 4) is 0 Å². The normalized spacial score (nSPS) is 31.2. The van der Waals surface area contributed by atoms with Crippen LogP contribution in [0.2, 0.25) is 0 Å². The van der Waals surface area contributed by atoms with Crippen LogP contribution in [-0.4, -0.2) is 59.8 Å². The Kier molecular flexibility index (Phi) is 10.2. The van der Waals surface area contributed by atoms with Crippen molar-refractivity contribution >= 4 is 29.9 Å². The van der Waals surface area contributed by atoms with Gasteiger partial charge in [-0.3, -0.25) is 9.89 Å². The molecule has 0 amide bonds. The lowest BCUT2D eigenvalue weighted by Crippen LogP contribution is -2.53. The second-order valence-electron chi connectivity index (χ2n) is 9.01. The lowest BCUT2D eigenvalue weighted by molar-refractivity contribution is 0.0512. The number of nitrogens with one attached hydrogen (secondary N) is 2. The Hall–Kier alpha value is -0.0800. The van der Waals surface area contributed by atoms with Crippen molar-refractivity contribution in [1.82, 2.24) is 15.5 Å². The van der Waals surface area contributed by atoms with E-state index in [0.717, 1.165) is 56.6 Å². The maximum absolute atomic E-state index is 9.68. The summed E-state index contributed by atoms with van der Waals surface area (Å²) >= 11 is 0. The van der Waals surface area contributed by atoms with Crippen LogP contribution in [0.1, 0.15) is 66.7 Å². The molecule has 2 rings (SSSR count). The third-order valence-electron chi connectivity index (χ3n) is 5.73. The average molecular weight is 480 g/mol. The van der Waals surface area contributed by atoms with Crippen molar-refractivity contribution in [3.05, 3.63) is 0 Å². The number of nitrogens with zero attached hydrogens (tertiary/aromatic N) is 2. The van der Waals surface area contributed by atoms with Crippen LogP contribution >= 0.6 is 24.0 Å². The van der Waals surface area contributed by atoms with Gasteiger partial charge < -0.3 is 15.7 Å². The van der Waals surface area contributed by atoms with Gasteiger partial charge in [-0.1, -0.05) is 13.8 Å². The maximum atomic E-state index is 9.68. The van der Waals surface area contributed by atoms with Gasteiger partial charge in [-0.2, -0.15) is 0 Å². The summed E-state index contributed by atoms with van der Waals surface area (Å²) < 4.78 is 0. The first-order valence-electron chi connectivity index (χ1n) is 10.3. The minimum atomic E-state index is -0.111. The third-order valence-corrected chi connectivity index (χ3v) is 5.73. The minimum Gasteiger partial charge on any atom is -0.393 e. The average Bonchev–Trinajstić information content (AvgIpc) is 2.54. The standard InChI is InChI=1S/C20H40N4O.HI/c1-6-21-19(23-17-7-9-18(25)10-8-17)22-14-20(4,5)24-12-15(2)11-16(3)13-24;/h15-18,25H,6-14H2,1-5H3,(H2,21,22,23);1H. The zero-order chi connectivity index (χ0) is 18.4. The first-order valence-corrected chi connectivity index (χ1v) is 10.3. The summed E-state index contributed by atoms with van der Waals surface area (Å²) in [6.07, 6.45) is 5.07. The second-order valence-corrected chi connectivity index (χ2v) is 9.01. The van der Waals surface area contributed by atoms with Gasteiger partial charge in [0.25, 0.3) is 0 Å². The van der Waals surface area contributed by atoms with E-state index in [0.29, 0.717) is 6.04 Å². The fourth-order valence-electron chi connectivity index (χ4n) is 4.26. The second kappa shape index (κ2) is 11.1. The number of hydrogen-bond donors (Lipinski definition) is 3. The van der Waals surface area contributed by atoms with Gasteiger partial charge in [-0.25, -0.2) is 0 Å². The first kappa shape index (κ1) is 24.0. The van der Waals surface area contributed by atoms with Crippen LogP contribution in [0, 0.1) is 11.8 Å². The fourth-order valence-corrected chi connectivity index (χ4v) is 4.26. The van der Waals surface area contributed by atoms with Crippen LogP contribution in [0.5, 0.6) is 0 Å². The fraction of sp³-hybridized carbons (Fsp3) is 0.950. The molecule has 1 aliphatic heterocycles. The topological polar surface area (TPSA) is 59.9 Å². The number of hydrogen-bond acceptors (Lipinski definition) is 3. The van der Waals surface area contributed by atoms with Gasteiger partial charge in [0.2, 0.25) is 0 Å². The Labute approximate surface area is 177 Å².